The van der Waals surface area contributed by atoms with Crippen LogP contribution in [0.2, 0.25) is 0 Å². The van der Waals surface area contributed by atoms with Crippen LogP contribution < -0.4 is 0 Å². The summed E-state index contributed by atoms with van der Waals surface area (Å²) in [5, 5.41) is 7.40. The van der Waals surface area contributed by atoms with Crippen LogP contribution in [0, 0.1) is 0 Å². The fourth-order valence-corrected chi connectivity index (χ4v) is 0.687. The molecule has 0 saturated heterocycles. The highest BCUT2D eigenvalue weighted by Gasteiger charge is 2.81. The lowest BCUT2D eigenvalue weighted by molar-refractivity contribution is -0.394. The Morgan fingerprint density at radius 1 is 0.688 bits per heavy atom. The van der Waals surface area contributed by atoms with Crippen LogP contribution in [0.25, 0.3) is 0 Å². The molecule has 1 atom stereocenters. The monoisotopic (exact) mass is 268 g/mol. The van der Waals surface area contributed by atoms with Gasteiger partial charge in [-0.25, -0.2) is 8.78 Å². The van der Waals surface area contributed by atoms with Gasteiger partial charge in [0.25, 0.3) is 0 Å². The van der Waals surface area contributed by atoms with E-state index >= 15 is 0 Å². The average molecular weight is 268 g/mol. The van der Waals surface area contributed by atoms with Gasteiger partial charge < -0.3 is 5.11 Å². The zero-order valence-corrected chi connectivity index (χ0v) is 6.80. The molecular weight excluding hydrogens is 266 g/mol. The summed E-state index contributed by atoms with van der Waals surface area (Å²) < 4.78 is 117. The van der Waals surface area contributed by atoms with Gasteiger partial charge in [-0.3, -0.25) is 0 Å². The molecule has 0 aromatic heterocycles. The smallest absolute Gasteiger partial charge is 0.334 e. The predicted octanol–water partition coefficient (Wildman–Crippen LogP) is 2.74. The highest BCUT2D eigenvalue weighted by atomic mass is 19.4. The third kappa shape index (κ3) is 2.33. The maximum Gasteiger partial charge on any atom is 0.434 e. The lowest BCUT2D eigenvalue weighted by Gasteiger charge is -2.33. The molecule has 0 rings (SSSR count). The molecule has 0 aromatic carbocycles. The van der Waals surface area contributed by atoms with Gasteiger partial charge in [-0.2, -0.15) is 35.1 Å². The van der Waals surface area contributed by atoms with E-state index in [0.29, 0.717) is 0 Å². The predicted molar refractivity (Wildman–Crippen MR) is 28.0 cm³/mol. The van der Waals surface area contributed by atoms with Crippen molar-refractivity contribution >= 4 is 0 Å². The minimum Gasteiger partial charge on any atom is -0.334 e. The highest BCUT2D eigenvalue weighted by molar-refractivity contribution is 5.03. The van der Waals surface area contributed by atoms with Crippen molar-refractivity contribution in [2.24, 2.45) is 0 Å². The van der Waals surface area contributed by atoms with Gasteiger partial charge >= 0.3 is 24.1 Å². The Morgan fingerprint density at radius 2 is 0.938 bits per heavy atom. The summed E-state index contributed by atoms with van der Waals surface area (Å²) in [6.07, 6.45) is -25.6. The van der Waals surface area contributed by atoms with Crippen LogP contribution in [0.1, 0.15) is 0 Å². The molecule has 0 aliphatic carbocycles. The van der Waals surface area contributed by atoms with Crippen molar-refractivity contribution in [3.8, 4) is 0 Å². The Hall–Kier alpha value is -0.740. The minimum atomic E-state index is -6.99. The van der Waals surface area contributed by atoms with E-state index in [1.807, 2.05) is 0 Å². The number of aliphatic hydroxyl groups is 1. The first-order chi connectivity index (χ1) is 6.65. The molecule has 0 aliphatic heterocycles. The van der Waals surface area contributed by atoms with Crippen LogP contribution in [-0.4, -0.2) is 35.4 Å². The third-order valence-corrected chi connectivity index (χ3v) is 1.48. The molecule has 0 heterocycles. The second-order valence-corrected chi connectivity index (χ2v) is 2.66. The van der Waals surface area contributed by atoms with Crippen LogP contribution >= 0.6 is 0 Å². The second-order valence-electron chi connectivity index (χ2n) is 2.66. The topological polar surface area (TPSA) is 20.2 Å². The molecule has 0 spiro atoms. The Kier molecular flexibility index (Phi) is 3.47. The van der Waals surface area contributed by atoms with Crippen molar-refractivity contribution in [2.45, 2.75) is 30.3 Å². The summed E-state index contributed by atoms with van der Waals surface area (Å²) in [6.45, 7) is 0. The van der Waals surface area contributed by atoms with Gasteiger partial charge in [0.05, 0.1) is 0 Å². The summed E-state index contributed by atoms with van der Waals surface area (Å²) in [6, 6.07) is 0. The van der Waals surface area contributed by atoms with E-state index in [-0.39, 0.29) is 0 Å². The molecule has 1 nitrogen and oxygen atoms in total. The summed E-state index contributed by atoms with van der Waals surface area (Å²) >= 11 is 0. The molecule has 0 amide bonds. The normalized spacial score (nSPS) is 17.4. The van der Waals surface area contributed by atoms with Gasteiger partial charge in [0.15, 0.2) is 0 Å². The summed E-state index contributed by atoms with van der Waals surface area (Å²) in [5.74, 6) is 0. The Labute approximate surface area is 80.6 Å². The first-order valence-corrected chi connectivity index (χ1v) is 3.22. The first kappa shape index (κ1) is 15.3. The molecule has 0 fully saturated rings. The fourth-order valence-electron chi connectivity index (χ4n) is 0.687. The number of rotatable bonds is 2. The Bertz CT molecular complexity index is 231. The minimum absolute atomic E-state index is 5.51. The molecule has 1 unspecified atom stereocenters. The van der Waals surface area contributed by atoms with E-state index in [4.69, 9.17) is 5.11 Å². The van der Waals surface area contributed by atoms with Gasteiger partial charge in [0.2, 0.25) is 6.17 Å². The molecule has 0 aromatic rings. The summed E-state index contributed by atoms with van der Waals surface area (Å²) in [4.78, 5) is 0. The molecule has 98 valence electrons. The van der Waals surface area contributed by atoms with E-state index in [9.17, 15) is 43.9 Å². The highest BCUT2D eigenvalue weighted by Crippen LogP contribution is 2.52. The van der Waals surface area contributed by atoms with Crippen LogP contribution in [0.15, 0.2) is 0 Å². The van der Waals surface area contributed by atoms with E-state index < -0.39 is 30.3 Å². The molecule has 0 bridgehead atoms. The van der Waals surface area contributed by atoms with Crippen LogP contribution in [0.3, 0.4) is 0 Å². The molecule has 16 heavy (non-hydrogen) atoms. The van der Waals surface area contributed by atoms with Crippen molar-refractivity contribution in [3.63, 3.8) is 0 Å². The summed E-state index contributed by atoms with van der Waals surface area (Å²) in [5.41, 5.74) is -6.85. The second kappa shape index (κ2) is 3.64. The molecule has 0 radical (unpaired) electrons. The molecule has 0 saturated carbocycles. The van der Waals surface area contributed by atoms with Crippen molar-refractivity contribution in [2.75, 3.05) is 0 Å². The lowest BCUT2D eigenvalue weighted by Crippen LogP contribution is -2.64. The van der Waals surface area contributed by atoms with Gasteiger partial charge in [-0.1, -0.05) is 0 Å². The molecule has 0 aliphatic rings. The summed E-state index contributed by atoms with van der Waals surface area (Å²) in [7, 11) is 0. The van der Waals surface area contributed by atoms with E-state index in [1.54, 1.807) is 0 Å². The maximum absolute atomic E-state index is 12.4. The van der Waals surface area contributed by atoms with Gasteiger partial charge in [-0.15, -0.1) is 0 Å². The molecule has 11 heteroatoms. The van der Waals surface area contributed by atoms with E-state index in [1.165, 1.54) is 0 Å². The van der Waals surface area contributed by atoms with Crippen LogP contribution in [0.5, 0.6) is 0 Å². The quantitative estimate of drug-likeness (QED) is 0.763. The van der Waals surface area contributed by atoms with Gasteiger partial charge in [0.1, 0.15) is 0 Å². The van der Waals surface area contributed by atoms with Crippen molar-refractivity contribution in [1.82, 2.24) is 0 Å². The number of hydrogen-bond acceptors (Lipinski definition) is 1. The fraction of sp³-hybridized carbons (Fsp3) is 1.00. The molecular formula is C5H2F10O. The Balaban J connectivity index is 5.63. The SMILES string of the molecule is OC(F)(F)C(F)C(F)(C(F)(F)F)C(F)(F)F. The zero-order chi connectivity index (χ0) is 13.6. The van der Waals surface area contributed by atoms with Crippen molar-refractivity contribution < 1.29 is 49.0 Å². The number of alkyl halides is 10. The van der Waals surface area contributed by atoms with Crippen molar-refractivity contribution in [1.29, 1.82) is 0 Å². The zero-order valence-electron chi connectivity index (χ0n) is 6.80. The van der Waals surface area contributed by atoms with Crippen molar-refractivity contribution in [3.05, 3.63) is 0 Å². The third-order valence-electron chi connectivity index (χ3n) is 1.48. The van der Waals surface area contributed by atoms with Gasteiger partial charge in [0, 0.05) is 0 Å². The lowest BCUT2D eigenvalue weighted by atomic mass is 9.97. The number of hydrogen-bond donors (Lipinski definition) is 1. The standard InChI is InChI=1S/C5H2F10O/c6-1(3(8,9)16)2(7,4(10,11)12)5(13,14)15/h1,16H. The van der Waals surface area contributed by atoms with Crippen LogP contribution in [0.4, 0.5) is 43.9 Å². The van der Waals surface area contributed by atoms with E-state index in [0.717, 1.165) is 0 Å². The Morgan fingerprint density at radius 3 is 1.00 bits per heavy atom. The maximum atomic E-state index is 12.4. The number of halogens is 10. The largest absolute Gasteiger partial charge is 0.434 e. The first-order valence-electron chi connectivity index (χ1n) is 3.22. The van der Waals surface area contributed by atoms with Gasteiger partial charge in [-0.05, 0) is 0 Å². The average Bonchev–Trinajstić information content (AvgIpc) is 1.95. The molecule has 1 N–H and O–H groups in total. The van der Waals surface area contributed by atoms with Crippen LogP contribution in [-0.2, 0) is 0 Å². The van der Waals surface area contributed by atoms with E-state index in [2.05, 4.69) is 0 Å².